The topological polar surface area (TPSA) is 67.3 Å². The number of ether oxygens (including phenoxy) is 1. The molecule has 3 rings (SSSR count). The Hall–Kier alpha value is -2.15. The quantitative estimate of drug-likeness (QED) is 0.901. The molecule has 0 aliphatic carbocycles. The molecule has 1 fully saturated rings. The van der Waals surface area contributed by atoms with Crippen LogP contribution in [0.15, 0.2) is 23.7 Å². The van der Waals surface area contributed by atoms with E-state index in [2.05, 4.69) is 20.7 Å². The van der Waals surface area contributed by atoms with Crippen LogP contribution in [0.5, 0.6) is 5.88 Å². The number of nitrogens with zero attached hydrogens (tertiary/aromatic N) is 3. The lowest BCUT2D eigenvalue weighted by Crippen LogP contribution is -2.33. The summed E-state index contributed by atoms with van der Waals surface area (Å²) >= 11 is 1.70. The van der Waals surface area contributed by atoms with E-state index >= 15 is 0 Å². The van der Waals surface area contributed by atoms with Crippen molar-refractivity contribution in [3.8, 4) is 5.88 Å². The number of urea groups is 1. The molecule has 3 heterocycles. The van der Waals surface area contributed by atoms with E-state index in [9.17, 15) is 4.79 Å². The Labute approximate surface area is 145 Å². The summed E-state index contributed by atoms with van der Waals surface area (Å²) in [5, 5.41) is 6.15. The number of hydrogen-bond donors (Lipinski definition) is 1. The summed E-state index contributed by atoms with van der Waals surface area (Å²) in [5.74, 6) is 0.934. The van der Waals surface area contributed by atoms with Crippen molar-refractivity contribution in [2.24, 2.45) is 5.92 Å². The SMILES string of the molecule is CCOc1ncccc1NC(=O)N1CCC(Cc2nc(C)cs2)C1. The van der Waals surface area contributed by atoms with E-state index in [1.165, 1.54) is 0 Å². The largest absolute Gasteiger partial charge is 0.476 e. The highest BCUT2D eigenvalue weighted by molar-refractivity contribution is 7.09. The minimum atomic E-state index is -0.0956. The number of amides is 2. The Morgan fingerprint density at radius 2 is 2.42 bits per heavy atom. The van der Waals surface area contributed by atoms with Crippen LogP contribution in [0.4, 0.5) is 10.5 Å². The van der Waals surface area contributed by atoms with E-state index in [1.54, 1.807) is 23.6 Å². The normalized spacial score (nSPS) is 17.1. The summed E-state index contributed by atoms with van der Waals surface area (Å²) in [7, 11) is 0. The highest BCUT2D eigenvalue weighted by Crippen LogP contribution is 2.25. The van der Waals surface area contributed by atoms with Crippen LogP contribution in [0.3, 0.4) is 0 Å². The molecule has 1 N–H and O–H groups in total. The van der Waals surface area contributed by atoms with Gasteiger partial charge in [-0.3, -0.25) is 0 Å². The first-order chi connectivity index (χ1) is 11.7. The summed E-state index contributed by atoms with van der Waals surface area (Å²) in [5.41, 5.74) is 1.69. The van der Waals surface area contributed by atoms with Crippen molar-refractivity contribution in [1.29, 1.82) is 0 Å². The molecule has 6 nitrogen and oxygen atoms in total. The monoisotopic (exact) mass is 346 g/mol. The molecular formula is C17H22N4O2S. The van der Waals surface area contributed by atoms with Gasteiger partial charge in [0.25, 0.3) is 0 Å². The zero-order chi connectivity index (χ0) is 16.9. The predicted molar refractivity (Wildman–Crippen MR) is 94.7 cm³/mol. The number of aryl methyl sites for hydroxylation is 1. The molecule has 0 aromatic carbocycles. The molecule has 128 valence electrons. The smallest absolute Gasteiger partial charge is 0.322 e. The summed E-state index contributed by atoms with van der Waals surface area (Å²) in [6, 6.07) is 3.50. The summed E-state index contributed by atoms with van der Waals surface area (Å²) < 4.78 is 5.45. The van der Waals surface area contributed by atoms with Crippen LogP contribution in [0.2, 0.25) is 0 Å². The molecule has 1 saturated heterocycles. The first kappa shape index (κ1) is 16.7. The fraction of sp³-hybridized carbons (Fsp3) is 0.471. The van der Waals surface area contributed by atoms with Crippen molar-refractivity contribution in [1.82, 2.24) is 14.9 Å². The summed E-state index contributed by atoms with van der Waals surface area (Å²) in [6.07, 6.45) is 3.61. The molecule has 1 unspecified atom stereocenters. The van der Waals surface area contributed by atoms with E-state index in [0.29, 0.717) is 24.1 Å². The van der Waals surface area contributed by atoms with Crippen LogP contribution < -0.4 is 10.1 Å². The molecule has 24 heavy (non-hydrogen) atoms. The molecule has 0 spiro atoms. The zero-order valence-electron chi connectivity index (χ0n) is 14.0. The van der Waals surface area contributed by atoms with Crippen LogP contribution in [0, 0.1) is 12.8 Å². The summed E-state index contributed by atoms with van der Waals surface area (Å²) in [6.45, 7) is 5.95. The molecule has 0 radical (unpaired) electrons. The number of thiazole rings is 1. The highest BCUT2D eigenvalue weighted by Gasteiger charge is 2.27. The Morgan fingerprint density at radius 3 is 3.17 bits per heavy atom. The molecule has 0 saturated carbocycles. The van der Waals surface area contributed by atoms with Crippen molar-refractivity contribution < 1.29 is 9.53 Å². The van der Waals surface area contributed by atoms with Gasteiger partial charge in [0.1, 0.15) is 5.69 Å². The van der Waals surface area contributed by atoms with Crippen molar-refractivity contribution >= 4 is 23.1 Å². The molecule has 2 aromatic heterocycles. The summed E-state index contributed by atoms with van der Waals surface area (Å²) in [4.78, 5) is 23.0. The molecule has 1 atom stereocenters. The third kappa shape index (κ3) is 4.03. The van der Waals surface area contributed by atoms with Crippen LogP contribution >= 0.6 is 11.3 Å². The van der Waals surface area contributed by atoms with Crippen molar-refractivity contribution in [2.75, 3.05) is 25.0 Å². The standard InChI is InChI=1S/C17H22N4O2S/c1-3-23-16-14(5-4-7-18-16)20-17(22)21-8-6-13(10-21)9-15-19-12(2)11-24-15/h4-5,7,11,13H,3,6,8-10H2,1-2H3,(H,20,22). The first-order valence-corrected chi connectivity index (χ1v) is 9.08. The van der Waals surface area contributed by atoms with Gasteiger partial charge in [0, 0.05) is 36.8 Å². The third-order valence-electron chi connectivity index (χ3n) is 4.00. The lowest BCUT2D eigenvalue weighted by atomic mass is 10.1. The number of likely N-dealkylation sites (tertiary alicyclic amines) is 1. The number of hydrogen-bond acceptors (Lipinski definition) is 5. The third-order valence-corrected chi connectivity index (χ3v) is 4.99. The van der Waals surface area contributed by atoms with Gasteiger partial charge >= 0.3 is 6.03 Å². The van der Waals surface area contributed by atoms with Crippen molar-refractivity contribution in [3.63, 3.8) is 0 Å². The van der Waals surface area contributed by atoms with E-state index in [-0.39, 0.29) is 6.03 Å². The maximum Gasteiger partial charge on any atom is 0.322 e. The fourth-order valence-electron chi connectivity index (χ4n) is 2.86. The average Bonchev–Trinajstić information content (AvgIpc) is 3.19. The zero-order valence-corrected chi connectivity index (χ0v) is 14.8. The number of aromatic nitrogens is 2. The molecule has 2 amide bonds. The van der Waals surface area contributed by atoms with Crippen LogP contribution in [0.25, 0.3) is 0 Å². The number of carbonyl (C=O) groups is 1. The van der Waals surface area contributed by atoms with E-state index in [0.717, 1.165) is 36.6 Å². The number of carbonyl (C=O) groups excluding carboxylic acids is 1. The second-order valence-electron chi connectivity index (χ2n) is 5.91. The van der Waals surface area contributed by atoms with E-state index in [1.807, 2.05) is 24.8 Å². The molecule has 7 heteroatoms. The van der Waals surface area contributed by atoms with Crippen LogP contribution in [-0.2, 0) is 6.42 Å². The van der Waals surface area contributed by atoms with Gasteiger partial charge < -0.3 is 15.0 Å². The molecule has 1 aliphatic heterocycles. The van der Waals surface area contributed by atoms with E-state index < -0.39 is 0 Å². The Kier molecular flexibility index (Phi) is 5.30. The highest BCUT2D eigenvalue weighted by atomic mass is 32.1. The van der Waals surface area contributed by atoms with Gasteiger partial charge in [0.2, 0.25) is 5.88 Å². The number of pyridine rings is 1. The van der Waals surface area contributed by atoms with Gasteiger partial charge in [-0.05, 0) is 38.3 Å². The van der Waals surface area contributed by atoms with Gasteiger partial charge in [0.15, 0.2) is 0 Å². The van der Waals surface area contributed by atoms with Gasteiger partial charge in [0.05, 0.1) is 11.6 Å². The van der Waals surface area contributed by atoms with Gasteiger partial charge in [-0.25, -0.2) is 14.8 Å². The Morgan fingerprint density at radius 1 is 1.54 bits per heavy atom. The Balaban J connectivity index is 1.57. The lowest BCUT2D eigenvalue weighted by molar-refractivity contribution is 0.220. The van der Waals surface area contributed by atoms with Gasteiger partial charge in [-0.2, -0.15) is 0 Å². The Bertz CT molecular complexity index is 703. The maximum absolute atomic E-state index is 12.5. The fourth-order valence-corrected chi connectivity index (χ4v) is 3.75. The van der Waals surface area contributed by atoms with Gasteiger partial charge in [-0.1, -0.05) is 0 Å². The minimum Gasteiger partial charge on any atom is -0.476 e. The molecular weight excluding hydrogens is 324 g/mol. The second-order valence-corrected chi connectivity index (χ2v) is 6.85. The number of rotatable bonds is 5. The van der Waals surface area contributed by atoms with Crippen LogP contribution in [0.1, 0.15) is 24.0 Å². The minimum absolute atomic E-state index is 0.0956. The van der Waals surface area contributed by atoms with Gasteiger partial charge in [-0.15, -0.1) is 11.3 Å². The molecule has 2 aromatic rings. The van der Waals surface area contributed by atoms with E-state index in [4.69, 9.17) is 4.74 Å². The van der Waals surface area contributed by atoms with Crippen molar-refractivity contribution in [3.05, 3.63) is 34.4 Å². The maximum atomic E-state index is 12.5. The average molecular weight is 346 g/mol. The predicted octanol–water partition coefficient (Wildman–Crippen LogP) is 3.34. The second kappa shape index (κ2) is 7.61. The first-order valence-electron chi connectivity index (χ1n) is 8.20. The lowest BCUT2D eigenvalue weighted by Gasteiger charge is -2.18. The van der Waals surface area contributed by atoms with Crippen LogP contribution in [-0.4, -0.2) is 40.6 Å². The number of nitrogens with one attached hydrogen (secondary N) is 1. The molecule has 0 bridgehead atoms. The molecule has 1 aliphatic rings. The van der Waals surface area contributed by atoms with Crippen molar-refractivity contribution in [2.45, 2.75) is 26.7 Å². The number of anilines is 1.